The Bertz CT molecular complexity index is 257. The first-order chi connectivity index (χ1) is 9.24. The summed E-state index contributed by atoms with van der Waals surface area (Å²) in [6.45, 7) is 8.47. The molecule has 0 aromatic carbocycles. The van der Waals surface area contributed by atoms with E-state index in [1.807, 2.05) is 0 Å². The molecule has 3 nitrogen and oxygen atoms in total. The molecule has 2 fully saturated rings. The van der Waals surface area contributed by atoms with Crippen molar-refractivity contribution in [2.45, 2.75) is 64.5 Å². The smallest absolute Gasteiger partial charge is 0.0702 e. The highest BCUT2D eigenvalue weighted by molar-refractivity contribution is 4.87. The lowest BCUT2D eigenvalue weighted by Crippen LogP contribution is -2.52. The second-order valence-electron chi connectivity index (χ2n) is 6.55. The van der Waals surface area contributed by atoms with Crippen LogP contribution < -0.4 is 5.73 Å². The predicted octanol–water partition coefficient (Wildman–Crippen LogP) is 2.64. The first-order valence-corrected chi connectivity index (χ1v) is 8.30. The number of likely N-dealkylation sites (tertiary alicyclic amines) is 1. The molecule has 1 heterocycles. The molecule has 0 amide bonds. The maximum atomic E-state index is 6.12. The summed E-state index contributed by atoms with van der Waals surface area (Å²) in [6.07, 6.45) is 8.49. The minimum Gasteiger partial charge on any atom is -0.377 e. The van der Waals surface area contributed by atoms with Crippen LogP contribution in [0.5, 0.6) is 0 Å². The standard InChI is InChI=1S/C16H32N2O/c1-3-19-15-8-5-9-18(12-15)16(11-17)14-7-4-6-13(2)10-14/h13-16H,3-12,17H2,1-2H3. The minimum absolute atomic E-state index is 0.439. The van der Waals surface area contributed by atoms with Crippen LogP contribution in [0.25, 0.3) is 0 Å². The summed E-state index contributed by atoms with van der Waals surface area (Å²) in [5.74, 6) is 1.70. The highest BCUT2D eigenvalue weighted by Crippen LogP contribution is 2.33. The number of ether oxygens (including phenoxy) is 1. The summed E-state index contributed by atoms with van der Waals surface area (Å²) >= 11 is 0. The van der Waals surface area contributed by atoms with Gasteiger partial charge in [0, 0.05) is 25.7 Å². The molecule has 2 N–H and O–H groups in total. The van der Waals surface area contributed by atoms with E-state index in [0.29, 0.717) is 12.1 Å². The quantitative estimate of drug-likeness (QED) is 0.833. The van der Waals surface area contributed by atoms with Gasteiger partial charge in [-0.1, -0.05) is 19.8 Å². The largest absolute Gasteiger partial charge is 0.377 e. The normalized spacial score (nSPS) is 35.2. The van der Waals surface area contributed by atoms with Crippen molar-refractivity contribution in [2.24, 2.45) is 17.6 Å². The van der Waals surface area contributed by atoms with Gasteiger partial charge in [-0.15, -0.1) is 0 Å². The second-order valence-corrected chi connectivity index (χ2v) is 6.55. The molecule has 1 aliphatic carbocycles. The molecule has 1 saturated carbocycles. The topological polar surface area (TPSA) is 38.5 Å². The number of piperidine rings is 1. The van der Waals surface area contributed by atoms with Gasteiger partial charge in [-0.05, 0) is 51.0 Å². The van der Waals surface area contributed by atoms with E-state index < -0.39 is 0 Å². The van der Waals surface area contributed by atoms with Crippen LogP contribution in [-0.4, -0.2) is 43.3 Å². The molecule has 4 unspecified atom stereocenters. The van der Waals surface area contributed by atoms with Crippen molar-refractivity contribution in [3.05, 3.63) is 0 Å². The lowest BCUT2D eigenvalue weighted by molar-refractivity contribution is -0.0194. The Hall–Kier alpha value is -0.120. The zero-order valence-electron chi connectivity index (χ0n) is 12.8. The summed E-state index contributed by atoms with van der Waals surface area (Å²) in [6, 6.07) is 0.589. The zero-order chi connectivity index (χ0) is 13.7. The van der Waals surface area contributed by atoms with Crippen molar-refractivity contribution < 1.29 is 4.74 Å². The number of nitrogens with zero attached hydrogens (tertiary/aromatic N) is 1. The number of hydrogen-bond acceptors (Lipinski definition) is 3. The third-order valence-corrected chi connectivity index (χ3v) is 5.04. The van der Waals surface area contributed by atoms with E-state index in [4.69, 9.17) is 10.5 Å². The molecular weight excluding hydrogens is 236 g/mol. The second kappa shape index (κ2) is 7.61. The highest BCUT2D eigenvalue weighted by Gasteiger charge is 2.32. The predicted molar refractivity (Wildman–Crippen MR) is 80.2 cm³/mol. The fraction of sp³-hybridized carbons (Fsp3) is 1.00. The van der Waals surface area contributed by atoms with E-state index in [9.17, 15) is 0 Å². The Labute approximate surface area is 118 Å². The van der Waals surface area contributed by atoms with E-state index in [1.165, 1.54) is 45.1 Å². The van der Waals surface area contributed by atoms with Gasteiger partial charge >= 0.3 is 0 Å². The van der Waals surface area contributed by atoms with Crippen LogP contribution in [0.3, 0.4) is 0 Å². The SMILES string of the molecule is CCOC1CCCN(C(CN)C2CCCC(C)C2)C1. The zero-order valence-corrected chi connectivity index (χ0v) is 12.8. The van der Waals surface area contributed by atoms with Crippen LogP contribution in [0.1, 0.15) is 52.4 Å². The van der Waals surface area contributed by atoms with Crippen molar-refractivity contribution >= 4 is 0 Å². The van der Waals surface area contributed by atoms with E-state index in [1.54, 1.807) is 0 Å². The molecule has 112 valence electrons. The summed E-state index contributed by atoms with van der Waals surface area (Å²) in [7, 11) is 0. The molecule has 2 aliphatic rings. The van der Waals surface area contributed by atoms with Crippen LogP contribution in [0, 0.1) is 11.8 Å². The molecule has 1 aliphatic heterocycles. The molecule has 2 rings (SSSR count). The Morgan fingerprint density at radius 3 is 2.79 bits per heavy atom. The summed E-state index contributed by atoms with van der Waals surface area (Å²) < 4.78 is 5.83. The van der Waals surface area contributed by atoms with Crippen molar-refractivity contribution in [2.75, 3.05) is 26.2 Å². The van der Waals surface area contributed by atoms with Crippen LogP contribution in [0.2, 0.25) is 0 Å². The van der Waals surface area contributed by atoms with Gasteiger partial charge in [0.15, 0.2) is 0 Å². The average Bonchev–Trinajstić information content (AvgIpc) is 2.41. The third-order valence-electron chi connectivity index (χ3n) is 5.04. The number of hydrogen-bond donors (Lipinski definition) is 1. The number of nitrogens with two attached hydrogens (primary N) is 1. The summed E-state index contributed by atoms with van der Waals surface area (Å²) in [5.41, 5.74) is 6.12. The van der Waals surface area contributed by atoms with Crippen molar-refractivity contribution in [3.8, 4) is 0 Å². The molecule has 3 heteroatoms. The Balaban J connectivity index is 1.92. The van der Waals surface area contributed by atoms with Gasteiger partial charge in [0.1, 0.15) is 0 Å². The first kappa shape index (κ1) is 15.3. The molecule has 0 bridgehead atoms. The maximum absolute atomic E-state index is 6.12. The van der Waals surface area contributed by atoms with Crippen molar-refractivity contribution in [3.63, 3.8) is 0 Å². The van der Waals surface area contributed by atoms with E-state index in [-0.39, 0.29) is 0 Å². The van der Waals surface area contributed by atoms with E-state index in [0.717, 1.165) is 31.5 Å². The van der Waals surface area contributed by atoms with Gasteiger partial charge in [-0.3, -0.25) is 4.90 Å². The first-order valence-electron chi connectivity index (χ1n) is 8.30. The van der Waals surface area contributed by atoms with Gasteiger partial charge < -0.3 is 10.5 Å². The number of rotatable bonds is 5. The van der Waals surface area contributed by atoms with Gasteiger partial charge in [0.05, 0.1) is 6.10 Å². The molecule has 0 radical (unpaired) electrons. The molecule has 4 atom stereocenters. The fourth-order valence-electron chi connectivity index (χ4n) is 4.11. The fourth-order valence-corrected chi connectivity index (χ4v) is 4.11. The molecule has 0 aromatic heterocycles. The molecule has 1 saturated heterocycles. The molecule has 0 aromatic rings. The summed E-state index contributed by atoms with van der Waals surface area (Å²) in [5, 5.41) is 0. The van der Waals surface area contributed by atoms with Gasteiger partial charge in [0.25, 0.3) is 0 Å². The van der Waals surface area contributed by atoms with Crippen molar-refractivity contribution in [1.82, 2.24) is 4.90 Å². The van der Waals surface area contributed by atoms with E-state index in [2.05, 4.69) is 18.7 Å². The van der Waals surface area contributed by atoms with Crippen LogP contribution in [-0.2, 0) is 4.74 Å². The third kappa shape index (κ3) is 4.17. The highest BCUT2D eigenvalue weighted by atomic mass is 16.5. The Morgan fingerprint density at radius 2 is 2.11 bits per heavy atom. The van der Waals surface area contributed by atoms with Crippen LogP contribution in [0.4, 0.5) is 0 Å². The van der Waals surface area contributed by atoms with Gasteiger partial charge in [-0.25, -0.2) is 0 Å². The molecular formula is C16H32N2O. The Morgan fingerprint density at radius 1 is 1.26 bits per heavy atom. The lowest BCUT2D eigenvalue weighted by Gasteiger charge is -2.43. The van der Waals surface area contributed by atoms with Crippen LogP contribution in [0.15, 0.2) is 0 Å². The molecule has 0 spiro atoms. The van der Waals surface area contributed by atoms with Gasteiger partial charge in [0.2, 0.25) is 0 Å². The summed E-state index contributed by atoms with van der Waals surface area (Å²) in [4.78, 5) is 2.63. The Kier molecular flexibility index (Phi) is 6.11. The van der Waals surface area contributed by atoms with Crippen molar-refractivity contribution in [1.29, 1.82) is 0 Å². The van der Waals surface area contributed by atoms with Crippen LogP contribution >= 0.6 is 0 Å². The van der Waals surface area contributed by atoms with E-state index >= 15 is 0 Å². The minimum atomic E-state index is 0.439. The average molecular weight is 268 g/mol. The van der Waals surface area contributed by atoms with Gasteiger partial charge in [-0.2, -0.15) is 0 Å². The monoisotopic (exact) mass is 268 g/mol. The molecule has 19 heavy (non-hydrogen) atoms. The lowest BCUT2D eigenvalue weighted by atomic mass is 9.77. The maximum Gasteiger partial charge on any atom is 0.0702 e.